The van der Waals surface area contributed by atoms with Crippen molar-refractivity contribution in [1.82, 2.24) is 5.32 Å². The smallest absolute Gasteiger partial charge is 0.315 e. The van der Waals surface area contributed by atoms with Crippen molar-refractivity contribution in [3.63, 3.8) is 0 Å². The number of nitrogens with one attached hydrogen (secondary N) is 1. The fourth-order valence-electron chi connectivity index (χ4n) is 6.13. The molecule has 2 aromatic carbocycles. The molecule has 5 unspecified atom stereocenters. The van der Waals surface area contributed by atoms with Gasteiger partial charge in [0.25, 0.3) is 0 Å². The Labute approximate surface area is 229 Å². The molecule has 1 aromatic heterocycles. The van der Waals surface area contributed by atoms with E-state index >= 15 is 0 Å². The van der Waals surface area contributed by atoms with Crippen molar-refractivity contribution < 1.29 is 23.5 Å². The first-order chi connectivity index (χ1) is 18.5. The van der Waals surface area contributed by atoms with Crippen LogP contribution in [0.1, 0.15) is 46.5 Å². The molecule has 200 valence electrons. The summed E-state index contributed by atoms with van der Waals surface area (Å²) in [5.74, 6) is 0.789. The van der Waals surface area contributed by atoms with Crippen LogP contribution in [0.3, 0.4) is 0 Å². The Hall–Kier alpha value is -3.00. The average Bonchev–Trinajstić information content (AvgIpc) is 3.48. The number of methoxy groups -OCH3 is 1. The summed E-state index contributed by atoms with van der Waals surface area (Å²) >= 11 is 1.51. The Kier molecular flexibility index (Phi) is 8.27. The molecule has 2 bridgehead atoms. The van der Waals surface area contributed by atoms with Crippen LogP contribution < -0.4 is 10.1 Å². The number of Topliss-reactive ketones (excluding diaryl/α,β-unsaturated/α-hetero) is 1. The zero-order valence-corrected chi connectivity index (χ0v) is 23.0. The van der Waals surface area contributed by atoms with E-state index in [1.54, 1.807) is 7.11 Å². The van der Waals surface area contributed by atoms with Crippen molar-refractivity contribution in [2.45, 2.75) is 44.4 Å². The number of quaternary nitrogens is 1. The fourth-order valence-corrected chi connectivity index (χ4v) is 6.79. The second kappa shape index (κ2) is 11.8. The van der Waals surface area contributed by atoms with Crippen LogP contribution in [0.5, 0.6) is 5.75 Å². The fraction of sp³-hybridized carbons (Fsp3) is 0.419. The summed E-state index contributed by atoms with van der Waals surface area (Å²) in [5, 5.41) is 5.41. The molecule has 3 fully saturated rings. The SMILES string of the molecule is COc1ccc(CNCC(C(=O)OC2C[N+]3(CC(=O)c4cccs4)CCC2CC3C)c2ccccc2)cc1. The predicted molar refractivity (Wildman–Crippen MR) is 149 cm³/mol. The van der Waals surface area contributed by atoms with E-state index < -0.39 is 5.92 Å². The van der Waals surface area contributed by atoms with Gasteiger partial charge in [0.15, 0.2) is 6.10 Å². The van der Waals surface area contributed by atoms with E-state index in [0.29, 0.717) is 31.6 Å². The lowest BCUT2D eigenvalue weighted by molar-refractivity contribution is -0.960. The summed E-state index contributed by atoms with van der Waals surface area (Å²) in [6, 6.07) is 22.0. The Morgan fingerprint density at radius 3 is 2.55 bits per heavy atom. The molecule has 3 aliphatic heterocycles. The summed E-state index contributed by atoms with van der Waals surface area (Å²) in [7, 11) is 1.66. The molecule has 6 rings (SSSR count). The van der Waals surface area contributed by atoms with Crippen molar-refractivity contribution >= 4 is 23.1 Å². The number of thiophene rings is 1. The second-order valence-electron chi connectivity index (χ2n) is 10.7. The van der Waals surface area contributed by atoms with E-state index in [9.17, 15) is 9.59 Å². The molecule has 0 saturated carbocycles. The lowest BCUT2D eigenvalue weighted by atomic mass is 9.78. The standard InChI is InChI=1S/C31H37N2O4S/c1-22-17-25-14-15-33(22,20-28(34)30-9-6-16-38-30)21-29(25)37-31(35)27(24-7-4-3-5-8-24)19-32-18-23-10-12-26(36-2)13-11-23/h3-13,16,22,25,27,29,32H,14-15,17-21H2,1-2H3/q+1. The molecule has 3 aromatic rings. The van der Waals surface area contributed by atoms with Gasteiger partial charge in [0.05, 0.1) is 30.5 Å². The lowest BCUT2D eigenvalue weighted by Gasteiger charge is -2.55. The van der Waals surface area contributed by atoms with Crippen molar-refractivity contribution in [3.8, 4) is 5.75 Å². The monoisotopic (exact) mass is 533 g/mol. The highest BCUT2D eigenvalue weighted by Crippen LogP contribution is 2.40. The van der Waals surface area contributed by atoms with E-state index in [0.717, 1.165) is 52.2 Å². The highest BCUT2D eigenvalue weighted by atomic mass is 32.1. The van der Waals surface area contributed by atoms with Crippen LogP contribution in [0.2, 0.25) is 0 Å². The van der Waals surface area contributed by atoms with Crippen LogP contribution in [0.25, 0.3) is 0 Å². The summed E-state index contributed by atoms with van der Waals surface area (Å²) in [5.41, 5.74) is 2.07. The van der Waals surface area contributed by atoms with Gasteiger partial charge in [0.1, 0.15) is 18.8 Å². The number of hydrogen-bond acceptors (Lipinski definition) is 6. The first kappa shape index (κ1) is 26.6. The van der Waals surface area contributed by atoms with Gasteiger partial charge in [0, 0.05) is 31.8 Å². The van der Waals surface area contributed by atoms with Crippen LogP contribution in [-0.2, 0) is 16.1 Å². The molecule has 0 radical (unpaired) electrons. The van der Waals surface area contributed by atoms with Crippen LogP contribution in [0.15, 0.2) is 72.1 Å². The number of carbonyl (C=O) groups is 2. The van der Waals surface area contributed by atoms with Gasteiger partial charge in [-0.05, 0) is 41.6 Å². The number of ketones is 1. The molecule has 0 aliphatic carbocycles. The Morgan fingerprint density at radius 2 is 1.87 bits per heavy atom. The van der Waals surface area contributed by atoms with Crippen molar-refractivity contribution in [1.29, 1.82) is 0 Å². The first-order valence-corrected chi connectivity index (χ1v) is 14.4. The molecule has 0 spiro atoms. The molecule has 3 aliphatic rings. The number of carbonyl (C=O) groups excluding carboxylic acids is 2. The quantitative estimate of drug-likeness (QED) is 0.212. The van der Waals surface area contributed by atoms with Crippen LogP contribution >= 0.6 is 11.3 Å². The van der Waals surface area contributed by atoms with E-state index in [-0.39, 0.29) is 17.9 Å². The molecule has 5 atom stereocenters. The number of benzene rings is 2. The average molecular weight is 534 g/mol. The number of rotatable bonds is 11. The lowest BCUT2D eigenvalue weighted by Crippen LogP contribution is -2.69. The largest absolute Gasteiger partial charge is 0.497 e. The number of hydrogen-bond donors (Lipinski definition) is 1. The minimum Gasteiger partial charge on any atom is -0.497 e. The van der Waals surface area contributed by atoms with Gasteiger partial charge < -0.3 is 19.3 Å². The zero-order valence-electron chi connectivity index (χ0n) is 22.2. The van der Waals surface area contributed by atoms with E-state index in [4.69, 9.17) is 9.47 Å². The first-order valence-electron chi connectivity index (χ1n) is 13.5. The van der Waals surface area contributed by atoms with Gasteiger partial charge in [0.2, 0.25) is 5.78 Å². The van der Waals surface area contributed by atoms with Gasteiger partial charge in [-0.3, -0.25) is 9.59 Å². The normalized spacial score (nSPS) is 25.1. The third kappa shape index (κ3) is 5.85. The Balaban J connectivity index is 1.26. The molecule has 7 heteroatoms. The van der Waals surface area contributed by atoms with Crippen LogP contribution in [-0.4, -0.2) is 61.7 Å². The maximum Gasteiger partial charge on any atom is 0.315 e. The molecule has 38 heavy (non-hydrogen) atoms. The second-order valence-corrected chi connectivity index (χ2v) is 11.7. The number of nitrogens with zero attached hydrogens (tertiary/aromatic N) is 1. The van der Waals surface area contributed by atoms with Gasteiger partial charge in [-0.1, -0.05) is 48.5 Å². The van der Waals surface area contributed by atoms with Gasteiger partial charge in [-0.15, -0.1) is 11.3 Å². The van der Waals surface area contributed by atoms with Crippen molar-refractivity contribution in [3.05, 3.63) is 88.1 Å². The molecular weight excluding hydrogens is 496 g/mol. The number of ether oxygens (including phenoxy) is 2. The molecule has 1 N–H and O–H groups in total. The Bertz CT molecular complexity index is 1210. The Morgan fingerprint density at radius 1 is 1.08 bits per heavy atom. The van der Waals surface area contributed by atoms with E-state index in [1.807, 2.05) is 72.1 Å². The van der Waals surface area contributed by atoms with Crippen molar-refractivity contribution in [2.75, 3.05) is 33.3 Å². The minimum absolute atomic E-state index is 0.156. The number of fused-ring (bicyclic) bond motifs is 3. The zero-order chi connectivity index (χ0) is 26.5. The topological polar surface area (TPSA) is 64.6 Å². The third-order valence-electron chi connectivity index (χ3n) is 8.44. The van der Waals surface area contributed by atoms with Gasteiger partial charge >= 0.3 is 5.97 Å². The summed E-state index contributed by atoms with van der Waals surface area (Å²) < 4.78 is 12.3. The number of piperidine rings is 3. The van der Waals surface area contributed by atoms with Gasteiger partial charge in [-0.25, -0.2) is 0 Å². The minimum atomic E-state index is -0.400. The van der Waals surface area contributed by atoms with E-state index in [2.05, 4.69) is 12.2 Å². The van der Waals surface area contributed by atoms with Crippen LogP contribution in [0.4, 0.5) is 0 Å². The third-order valence-corrected chi connectivity index (χ3v) is 9.35. The molecular formula is C31H37N2O4S+. The molecule has 0 amide bonds. The maximum atomic E-state index is 13.7. The molecule has 3 saturated heterocycles. The maximum absolute atomic E-state index is 13.7. The molecule has 4 heterocycles. The van der Waals surface area contributed by atoms with Crippen molar-refractivity contribution in [2.24, 2.45) is 5.92 Å². The van der Waals surface area contributed by atoms with Crippen LogP contribution in [0, 0.1) is 5.92 Å². The van der Waals surface area contributed by atoms with E-state index in [1.165, 1.54) is 11.3 Å². The summed E-state index contributed by atoms with van der Waals surface area (Å²) in [6.45, 7) is 5.56. The highest BCUT2D eigenvalue weighted by Gasteiger charge is 2.52. The highest BCUT2D eigenvalue weighted by molar-refractivity contribution is 7.12. The molecule has 6 nitrogen and oxygen atoms in total. The van der Waals surface area contributed by atoms with Gasteiger partial charge in [-0.2, -0.15) is 0 Å². The number of esters is 1. The summed E-state index contributed by atoms with van der Waals surface area (Å²) in [4.78, 5) is 27.5. The summed E-state index contributed by atoms with van der Waals surface area (Å²) in [6.07, 6.45) is 1.82. The predicted octanol–water partition coefficient (Wildman–Crippen LogP) is 5.05.